The van der Waals surface area contributed by atoms with Gasteiger partial charge in [-0.15, -0.1) is 0 Å². The summed E-state index contributed by atoms with van der Waals surface area (Å²) in [6.45, 7) is 11.9. The third kappa shape index (κ3) is 4.12. The van der Waals surface area contributed by atoms with Crippen LogP contribution in [0.25, 0.3) is 42.7 Å². The quantitative estimate of drug-likeness (QED) is 0.253. The first-order valence-electron chi connectivity index (χ1n) is 11.3. The summed E-state index contributed by atoms with van der Waals surface area (Å²) >= 11 is 3.02. The van der Waals surface area contributed by atoms with Gasteiger partial charge >= 0.3 is 0 Å². The fourth-order valence-electron chi connectivity index (χ4n) is 4.51. The molecule has 2 aromatic carbocycles. The predicted molar refractivity (Wildman–Crippen MR) is 147 cm³/mol. The lowest BCUT2D eigenvalue weighted by Crippen LogP contribution is -1.86. The van der Waals surface area contributed by atoms with Gasteiger partial charge in [-0.3, -0.25) is 0 Å². The molecule has 0 aliphatic heterocycles. The lowest BCUT2D eigenvalue weighted by molar-refractivity contribution is 0.393. The van der Waals surface area contributed by atoms with E-state index in [4.69, 9.17) is 20.5 Å². The second kappa shape index (κ2) is 9.03. The number of nitrogens with two attached hydrogens (primary N) is 2. The molecule has 0 unspecified atom stereocenters. The van der Waals surface area contributed by atoms with Crippen LogP contribution in [0, 0.1) is 41.5 Å². The van der Waals surface area contributed by atoms with E-state index in [1.165, 1.54) is 28.2 Å². The summed E-state index contributed by atoms with van der Waals surface area (Å²) in [6, 6.07) is 8.23. The number of nitrogen functional groups attached to an aromatic ring is 2. The van der Waals surface area contributed by atoms with Gasteiger partial charge < -0.3 is 20.5 Å². The zero-order chi connectivity index (χ0) is 25.7. The SMILES string of the molecule is Cc1cc2nc(N)sc2cc1-c1c(C)noc1C.Cc1noc(C)c1-c1ccc2nc(N)sc2c1C. The van der Waals surface area contributed by atoms with Crippen LogP contribution >= 0.6 is 22.7 Å². The van der Waals surface area contributed by atoms with Crippen molar-refractivity contribution in [2.75, 3.05) is 11.5 Å². The Morgan fingerprint density at radius 1 is 0.694 bits per heavy atom. The van der Waals surface area contributed by atoms with Crippen molar-refractivity contribution in [3.8, 4) is 22.3 Å². The standard InChI is InChI=1S/2C13H13N3OS/c1-6-4-10-11(18-13(14)15-10)5-9(6)12-7(2)16-17-8(12)3;1-6-9(11-7(2)16-17-8(11)3)4-5-10-12(6)18-13(14)15-10/h2*4-5H,1-3H3,(H2,14,15). The van der Waals surface area contributed by atoms with Crippen LogP contribution in [0.2, 0.25) is 0 Å². The Morgan fingerprint density at radius 3 is 1.89 bits per heavy atom. The monoisotopic (exact) mass is 518 g/mol. The summed E-state index contributed by atoms with van der Waals surface area (Å²) in [5.74, 6) is 1.68. The van der Waals surface area contributed by atoms with Crippen molar-refractivity contribution in [2.24, 2.45) is 0 Å². The highest BCUT2D eigenvalue weighted by Crippen LogP contribution is 2.37. The lowest BCUT2D eigenvalue weighted by atomic mass is 9.99. The summed E-state index contributed by atoms with van der Waals surface area (Å²) in [5, 5.41) is 9.21. The summed E-state index contributed by atoms with van der Waals surface area (Å²) in [6.07, 6.45) is 0. The Balaban J connectivity index is 0.000000148. The minimum absolute atomic E-state index is 0.598. The normalized spacial score (nSPS) is 11.3. The molecule has 4 aromatic heterocycles. The van der Waals surface area contributed by atoms with Crippen molar-refractivity contribution in [1.29, 1.82) is 0 Å². The Bertz CT molecular complexity index is 1660. The predicted octanol–water partition coefficient (Wildman–Crippen LogP) is 6.92. The lowest BCUT2D eigenvalue weighted by Gasteiger charge is -2.05. The van der Waals surface area contributed by atoms with Gasteiger partial charge in [0.1, 0.15) is 11.5 Å². The summed E-state index contributed by atoms with van der Waals surface area (Å²) in [4.78, 5) is 8.60. The highest BCUT2D eigenvalue weighted by molar-refractivity contribution is 7.22. The van der Waals surface area contributed by atoms with Gasteiger partial charge in [0.15, 0.2) is 10.3 Å². The number of benzene rings is 2. The second-order valence-corrected chi connectivity index (χ2v) is 10.8. The molecule has 0 fully saturated rings. The van der Waals surface area contributed by atoms with Gasteiger partial charge in [-0.25, -0.2) is 9.97 Å². The molecule has 8 nitrogen and oxygen atoms in total. The zero-order valence-electron chi connectivity index (χ0n) is 20.9. The summed E-state index contributed by atoms with van der Waals surface area (Å²) in [5.41, 5.74) is 22.0. The van der Waals surface area contributed by atoms with Gasteiger partial charge in [0, 0.05) is 11.1 Å². The Morgan fingerprint density at radius 2 is 1.28 bits per heavy atom. The molecule has 4 N–H and O–H groups in total. The highest BCUT2D eigenvalue weighted by Gasteiger charge is 2.17. The smallest absolute Gasteiger partial charge is 0.181 e. The first-order chi connectivity index (χ1) is 17.1. The molecule has 0 spiro atoms. The Hall–Kier alpha value is -3.76. The number of thiazole rings is 2. The van der Waals surface area contributed by atoms with Gasteiger partial charge in [0.25, 0.3) is 0 Å². The van der Waals surface area contributed by atoms with Crippen molar-refractivity contribution in [2.45, 2.75) is 41.5 Å². The molecule has 4 heterocycles. The molecule has 184 valence electrons. The maximum Gasteiger partial charge on any atom is 0.181 e. The molecule has 10 heteroatoms. The topological polar surface area (TPSA) is 130 Å². The van der Waals surface area contributed by atoms with E-state index in [2.05, 4.69) is 52.3 Å². The Kier molecular flexibility index (Phi) is 6.01. The minimum atomic E-state index is 0.598. The molecule has 6 rings (SSSR count). The maximum absolute atomic E-state index is 5.76. The molecule has 0 aliphatic carbocycles. The second-order valence-electron chi connectivity index (χ2n) is 8.72. The largest absolute Gasteiger partial charge is 0.375 e. The van der Waals surface area contributed by atoms with E-state index in [9.17, 15) is 0 Å². The minimum Gasteiger partial charge on any atom is -0.375 e. The number of aryl methyl sites for hydroxylation is 6. The van der Waals surface area contributed by atoms with Crippen LogP contribution in [0.4, 0.5) is 10.3 Å². The molecule has 0 aliphatic rings. The van der Waals surface area contributed by atoms with Gasteiger partial charge in [-0.2, -0.15) is 0 Å². The van der Waals surface area contributed by atoms with Crippen LogP contribution in [-0.4, -0.2) is 20.3 Å². The van der Waals surface area contributed by atoms with Gasteiger partial charge in [0.2, 0.25) is 0 Å². The van der Waals surface area contributed by atoms with Crippen molar-refractivity contribution < 1.29 is 9.05 Å². The Labute approximate surface area is 215 Å². The van der Waals surface area contributed by atoms with E-state index in [1.807, 2.05) is 33.8 Å². The third-order valence-electron chi connectivity index (χ3n) is 6.18. The van der Waals surface area contributed by atoms with E-state index in [0.29, 0.717) is 10.3 Å². The van der Waals surface area contributed by atoms with Crippen molar-refractivity contribution >= 4 is 53.4 Å². The number of rotatable bonds is 2. The van der Waals surface area contributed by atoms with Crippen molar-refractivity contribution in [3.05, 3.63) is 58.3 Å². The van der Waals surface area contributed by atoms with Gasteiger partial charge in [0.05, 0.1) is 31.8 Å². The van der Waals surface area contributed by atoms with Crippen LogP contribution in [-0.2, 0) is 0 Å². The molecule has 0 atom stereocenters. The number of fused-ring (bicyclic) bond motifs is 2. The molecular formula is C26H26N6O2S2. The third-order valence-corrected chi connectivity index (χ3v) is 8.05. The number of hydrogen-bond donors (Lipinski definition) is 2. The van der Waals surface area contributed by atoms with Crippen LogP contribution in [0.3, 0.4) is 0 Å². The molecule has 0 bridgehead atoms. The number of anilines is 2. The fraction of sp³-hybridized carbons (Fsp3) is 0.231. The summed E-state index contributed by atoms with van der Waals surface area (Å²) in [7, 11) is 0. The molecule has 0 saturated carbocycles. The van der Waals surface area contributed by atoms with Crippen molar-refractivity contribution in [3.63, 3.8) is 0 Å². The van der Waals surface area contributed by atoms with Gasteiger partial charge in [-0.1, -0.05) is 39.1 Å². The van der Waals surface area contributed by atoms with E-state index in [0.717, 1.165) is 71.2 Å². The molecule has 0 amide bonds. The van der Waals surface area contributed by atoms with E-state index in [1.54, 1.807) is 0 Å². The molecular weight excluding hydrogens is 492 g/mol. The highest BCUT2D eigenvalue weighted by atomic mass is 32.1. The van der Waals surface area contributed by atoms with E-state index < -0.39 is 0 Å². The molecule has 0 radical (unpaired) electrons. The zero-order valence-corrected chi connectivity index (χ0v) is 22.5. The first-order valence-corrected chi connectivity index (χ1v) is 13.0. The van der Waals surface area contributed by atoms with Crippen LogP contribution in [0.15, 0.2) is 33.3 Å². The fourth-order valence-corrected chi connectivity index (χ4v) is 6.10. The first kappa shape index (κ1) is 24.0. The maximum atomic E-state index is 5.76. The molecule has 36 heavy (non-hydrogen) atoms. The van der Waals surface area contributed by atoms with Crippen LogP contribution in [0.5, 0.6) is 0 Å². The molecule has 6 aromatic rings. The number of hydrogen-bond acceptors (Lipinski definition) is 10. The van der Waals surface area contributed by atoms with Crippen LogP contribution < -0.4 is 11.5 Å². The molecule has 0 saturated heterocycles. The number of nitrogens with zero attached hydrogens (tertiary/aromatic N) is 4. The van der Waals surface area contributed by atoms with Gasteiger partial charge in [-0.05, 0) is 82.0 Å². The number of aromatic nitrogens is 4. The van der Waals surface area contributed by atoms with Crippen molar-refractivity contribution in [1.82, 2.24) is 20.3 Å². The average Bonchev–Trinajstić information content (AvgIpc) is 3.56. The average molecular weight is 519 g/mol. The summed E-state index contributed by atoms with van der Waals surface area (Å²) < 4.78 is 12.7. The van der Waals surface area contributed by atoms with E-state index in [-0.39, 0.29) is 0 Å². The van der Waals surface area contributed by atoms with E-state index >= 15 is 0 Å². The van der Waals surface area contributed by atoms with Crippen LogP contribution in [0.1, 0.15) is 34.0 Å².